The standard InChI is InChI=1S/C15H12F2O2S/c1-10-7-8-20-14(10)6-5-13(18)11-3-2-4-12(9-11)19-15(16)17/h2-9,15H,1H3. The zero-order chi connectivity index (χ0) is 14.5. The van der Waals surface area contributed by atoms with Gasteiger partial charge in [0.1, 0.15) is 5.75 Å². The van der Waals surface area contributed by atoms with Crippen LogP contribution in [0.4, 0.5) is 8.78 Å². The summed E-state index contributed by atoms with van der Waals surface area (Å²) in [7, 11) is 0. The molecule has 0 unspecified atom stereocenters. The molecule has 0 aliphatic heterocycles. The lowest BCUT2D eigenvalue weighted by Gasteiger charge is -2.04. The minimum absolute atomic E-state index is 0.0217. The highest BCUT2D eigenvalue weighted by Gasteiger charge is 2.07. The van der Waals surface area contributed by atoms with E-state index in [1.54, 1.807) is 12.1 Å². The van der Waals surface area contributed by atoms with E-state index in [1.165, 1.54) is 35.6 Å². The summed E-state index contributed by atoms with van der Waals surface area (Å²) >= 11 is 1.54. The van der Waals surface area contributed by atoms with Crippen LogP contribution in [-0.2, 0) is 0 Å². The number of allylic oxidation sites excluding steroid dienone is 1. The largest absolute Gasteiger partial charge is 0.435 e. The molecule has 0 saturated heterocycles. The lowest BCUT2D eigenvalue weighted by Crippen LogP contribution is -2.03. The second kappa shape index (κ2) is 6.43. The third kappa shape index (κ3) is 3.74. The lowest BCUT2D eigenvalue weighted by molar-refractivity contribution is -0.0498. The molecule has 0 aliphatic carbocycles. The zero-order valence-corrected chi connectivity index (χ0v) is 11.5. The third-order valence-corrected chi connectivity index (χ3v) is 3.62. The number of carbonyl (C=O) groups excluding carboxylic acids is 1. The van der Waals surface area contributed by atoms with E-state index in [-0.39, 0.29) is 11.5 Å². The molecule has 0 fully saturated rings. The Morgan fingerprint density at radius 1 is 1.35 bits per heavy atom. The van der Waals surface area contributed by atoms with Gasteiger partial charge in [-0.15, -0.1) is 11.3 Å². The van der Waals surface area contributed by atoms with Crippen LogP contribution in [-0.4, -0.2) is 12.4 Å². The van der Waals surface area contributed by atoms with Gasteiger partial charge in [0.15, 0.2) is 5.78 Å². The van der Waals surface area contributed by atoms with Crippen molar-refractivity contribution in [3.8, 4) is 5.75 Å². The summed E-state index contributed by atoms with van der Waals surface area (Å²) in [6.45, 7) is -0.942. The minimum atomic E-state index is -2.90. The maximum absolute atomic E-state index is 12.1. The fraction of sp³-hybridized carbons (Fsp3) is 0.133. The summed E-state index contributed by atoms with van der Waals surface area (Å²) in [6, 6.07) is 7.73. The van der Waals surface area contributed by atoms with E-state index in [4.69, 9.17) is 0 Å². The highest BCUT2D eigenvalue weighted by atomic mass is 32.1. The number of aryl methyl sites for hydroxylation is 1. The monoisotopic (exact) mass is 294 g/mol. The molecule has 2 rings (SSSR count). The van der Waals surface area contributed by atoms with Crippen LogP contribution in [0.15, 0.2) is 41.8 Å². The predicted molar refractivity (Wildman–Crippen MR) is 75.5 cm³/mol. The molecule has 2 nitrogen and oxygen atoms in total. The van der Waals surface area contributed by atoms with E-state index in [0.717, 1.165) is 10.4 Å². The molecule has 104 valence electrons. The molecule has 0 N–H and O–H groups in total. The van der Waals surface area contributed by atoms with Crippen molar-refractivity contribution in [2.24, 2.45) is 0 Å². The van der Waals surface area contributed by atoms with Gasteiger partial charge in [-0.2, -0.15) is 8.78 Å². The molecular weight excluding hydrogens is 282 g/mol. The van der Waals surface area contributed by atoms with E-state index in [9.17, 15) is 13.6 Å². The molecule has 20 heavy (non-hydrogen) atoms. The number of rotatable bonds is 5. The molecule has 1 aromatic heterocycles. The van der Waals surface area contributed by atoms with E-state index in [2.05, 4.69) is 4.74 Å². The van der Waals surface area contributed by atoms with Crippen LogP contribution < -0.4 is 4.74 Å². The number of alkyl halides is 2. The first-order chi connectivity index (χ1) is 9.56. The number of carbonyl (C=O) groups is 1. The summed E-state index contributed by atoms with van der Waals surface area (Å²) < 4.78 is 28.5. The van der Waals surface area contributed by atoms with Crippen molar-refractivity contribution in [1.29, 1.82) is 0 Å². The summed E-state index contributed by atoms with van der Waals surface area (Å²) in [5.41, 5.74) is 1.41. The van der Waals surface area contributed by atoms with Crippen LogP contribution in [0, 0.1) is 6.92 Å². The van der Waals surface area contributed by atoms with E-state index >= 15 is 0 Å². The Morgan fingerprint density at radius 3 is 2.80 bits per heavy atom. The van der Waals surface area contributed by atoms with Crippen LogP contribution in [0.3, 0.4) is 0 Å². The minimum Gasteiger partial charge on any atom is -0.435 e. The Hall–Kier alpha value is -2.01. The molecule has 0 atom stereocenters. The Kier molecular flexibility index (Phi) is 4.63. The number of hydrogen-bond acceptors (Lipinski definition) is 3. The van der Waals surface area contributed by atoms with Crippen LogP contribution in [0.25, 0.3) is 6.08 Å². The van der Waals surface area contributed by atoms with Gasteiger partial charge in [-0.1, -0.05) is 12.1 Å². The zero-order valence-electron chi connectivity index (χ0n) is 10.7. The van der Waals surface area contributed by atoms with Gasteiger partial charge in [0.05, 0.1) is 0 Å². The molecule has 0 radical (unpaired) electrons. The Bertz CT molecular complexity index is 632. The first kappa shape index (κ1) is 14.4. The Morgan fingerprint density at radius 2 is 2.15 bits per heavy atom. The smallest absolute Gasteiger partial charge is 0.387 e. The van der Waals surface area contributed by atoms with Crippen molar-refractivity contribution in [3.63, 3.8) is 0 Å². The molecule has 0 bridgehead atoms. The van der Waals surface area contributed by atoms with E-state index in [0.29, 0.717) is 5.56 Å². The predicted octanol–water partition coefficient (Wildman–Crippen LogP) is 4.55. The van der Waals surface area contributed by atoms with Gasteiger partial charge in [-0.3, -0.25) is 4.79 Å². The van der Waals surface area contributed by atoms with Crippen LogP contribution in [0.2, 0.25) is 0 Å². The number of halogens is 2. The van der Waals surface area contributed by atoms with Gasteiger partial charge >= 0.3 is 6.61 Å². The summed E-state index contributed by atoms with van der Waals surface area (Å²) in [6.07, 6.45) is 3.16. The highest BCUT2D eigenvalue weighted by Crippen LogP contribution is 2.19. The molecule has 0 aliphatic rings. The van der Waals surface area contributed by atoms with Crippen LogP contribution >= 0.6 is 11.3 Å². The second-order valence-electron chi connectivity index (χ2n) is 4.07. The molecule has 2 aromatic rings. The average molecular weight is 294 g/mol. The van der Waals surface area contributed by atoms with Gasteiger partial charge in [0, 0.05) is 10.4 Å². The molecule has 0 amide bonds. The second-order valence-corrected chi connectivity index (χ2v) is 5.02. The van der Waals surface area contributed by atoms with Crippen LogP contribution in [0.5, 0.6) is 5.75 Å². The number of thiophene rings is 1. The van der Waals surface area contributed by atoms with Crippen molar-refractivity contribution in [3.05, 3.63) is 57.8 Å². The van der Waals surface area contributed by atoms with Crippen molar-refractivity contribution in [2.45, 2.75) is 13.5 Å². The number of ether oxygens (including phenoxy) is 1. The van der Waals surface area contributed by atoms with Gasteiger partial charge in [0.2, 0.25) is 0 Å². The first-order valence-corrected chi connectivity index (χ1v) is 6.75. The number of benzene rings is 1. The maximum Gasteiger partial charge on any atom is 0.387 e. The molecule has 0 spiro atoms. The summed E-state index contributed by atoms with van der Waals surface area (Å²) in [4.78, 5) is 13.0. The Balaban J connectivity index is 2.13. The van der Waals surface area contributed by atoms with Crippen molar-refractivity contribution in [2.75, 3.05) is 0 Å². The van der Waals surface area contributed by atoms with Gasteiger partial charge in [-0.25, -0.2) is 0 Å². The van der Waals surface area contributed by atoms with E-state index < -0.39 is 6.61 Å². The number of hydrogen-bond donors (Lipinski definition) is 0. The lowest BCUT2D eigenvalue weighted by atomic mass is 10.1. The quantitative estimate of drug-likeness (QED) is 0.597. The average Bonchev–Trinajstić information content (AvgIpc) is 2.81. The Labute approximate surface area is 119 Å². The van der Waals surface area contributed by atoms with Crippen LogP contribution in [0.1, 0.15) is 20.8 Å². The topological polar surface area (TPSA) is 26.3 Å². The molecule has 1 heterocycles. The first-order valence-electron chi connectivity index (χ1n) is 5.87. The van der Waals surface area contributed by atoms with Crippen molar-refractivity contribution < 1.29 is 18.3 Å². The highest BCUT2D eigenvalue weighted by molar-refractivity contribution is 7.11. The number of ketones is 1. The summed E-state index contributed by atoms with van der Waals surface area (Å²) in [5, 5.41) is 1.94. The van der Waals surface area contributed by atoms with Crippen molar-refractivity contribution >= 4 is 23.2 Å². The molecule has 5 heteroatoms. The third-order valence-electron chi connectivity index (χ3n) is 2.63. The normalized spacial score (nSPS) is 11.2. The van der Waals surface area contributed by atoms with Gasteiger partial charge < -0.3 is 4.74 Å². The maximum atomic E-state index is 12.1. The molecular formula is C15H12F2O2S. The van der Waals surface area contributed by atoms with E-state index in [1.807, 2.05) is 18.4 Å². The summed E-state index contributed by atoms with van der Waals surface area (Å²) in [5.74, 6) is -0.274. The fourth-order valence-corrected chi connectivity index (χ4v) is 2.45. The van der Waals surface area contributed by atoms with Gasteiger partial charge in [0.25, 0.3) is 0 Å². The molecule has 0 saturated carbocycles. The molecule has 1 aromatic carbocycles. The van der Waals surface area contributed by atoms with Gasteiger partial charge in [-0.05, 0) is 48.2 Å². The SMILES string of the molecule is Cc1ccsc1C=CC(=O)c1cccc(OC(F)F)c1. The van der Waals surface area contributed by atoms with Crippen molar-refractivity contribution in [1.82, 2.24) is 0 Å². The fourth-order valence-electron chi connectivity index (χ4n) is 1.63.